The molecular weight excluding hydrogens is 234 g/mol. The van der Waals surface area contributed by atoms with E-state index in [1.807, 2.05) is 0 Å². The van der Waals surface area contributed by atoms with E-state index in [2.05, 4.69) is 9.97 Å². The second-order valence-electron chi connectivity index (χ2n) is 4.28. The van der Waals surface area contributed by atoms with Crippen molar-refractivity contribution in [2.45, 2.75) is 19.8 Å². The van der Waals surface area contributed by atoms with Gasteiger partial charge in [-0.1, -0.05) is 0 Å². The van der Waals surface area contributed by atoms with Crippen molar-refractivity contribution in [3.63, 3.8) is 0 Å². The molecule has 1 saturated heterocycles. The zero-order valence-corrected chi connectivity index (χ0v) is 10.4. The van der Waals surface area contributed by atoms with Crippen LogP contribution >= 0.6 is 0 Å². The van der Waals surface area contributed by atoms with E-state index < -0.39 is 0 Å². The van der Waals surface area contributed by atoms with Crippen LogP contribution < -0.4 is 0 Å². The number of rotatable bonds is 3. The number of aromatic amines is 1. The monoisotopic (exact) mass is 251 g/mol. The highest BCUT2D eigenvalue weighted by molar-refractivity contribution is 5.92. The van der Waals surface area contributed by atoms with E-state index >= 15 is 0 Å². The second-order valence-corrected chi connectivity index (χ2v) is 4.28. The minimum absolute atomic E-state index is 0.0604. The molecule has 0 aliphatic carbocycles. The van der Waals surface area contributed by atoms with Gasteiger partial charge in [-0.25, -0.2) is 4.98 Å². The lowest BCUT2D eigenvalue weighted by Gasteiger charge is -2.30. The van der Waals surface area contributed by atoms with Crippen molar-refractivity contribution in [3.05, 3.63) is 18.2 Å². The Morgan fingerprint density at radius 1 is 1.50 bits per heavy atom. The van der Waals surface area contributed by atoms with Gasteiger partial charge in [0, 0.05) is 13.1 Å². The molecule has 0 spiro atoms. The molecule has 2 rings (SSSR count). The molecule has 6 nitrogen and oxygen atoms in total. The molecule has 1 fully saturated rings. The third kappa shape index (κ3) is 2.69. The van der Waals surface area contributed by atoms with Crippen LogP contribution in [-0.2, 0) is 9.53 Å². The number of piperidine rings is 1. The lowest BCUT2D eigenvalue weighted by molar-refractivity contribution is -0.149. The summed E-state index contributed by atoms with van der Waals surface area (Å²) < 4.78 is 4.99. The van der Waals surface area contributed by atoms with E-state index in [1.165, 1.54) is 12.5 Å². The van der Waals surface area contributed by atoms with Crippen molar-refractivity contribution in [1.82, 2.24) is 14.9 Å². The van der Waals surface area contributed by atoms with E-state index in [0.717, 1.165) is 0 Å². The Kier molecular flexibility index (Phi) is 3.96. The summed E-state index contributed by atoms with van der Waals surface area (Å²) in [6, 6.07) is 0. The lowest BCUT2D eigenvalue weighted by Crippen LogP contribution is -2.40. The minimum atomic E-state index is -0.147. The summed E-state index contributed by atoms with van der Waals surface area (Å²) >= 11 is 0. The average Bonchev–Trinajstić information content (AvgIpc) is 2.92. The number of esters is 1. The van der Waals surface area contributed by atoms with Gasteiger partial charge in [-0.3, -0.25) is 9.59 Å². The van der Waals surface area contributed by atoms with E-state index in [0.29, 0.717) is 38.2 Å². The maximum absolute atomic E-state index is 12.0. The van der Waals surface area contributed by atoms with Crippen molar-refractivity contribution in [2.24, 2.45) is 5.92 Å². The summed E-state index contributed by atoms with van der Waals surface area (Å²) in [5.74, 6) is -0.281. The predicted molar refractivity (Wildman–Crippen MR) is 63.8 cm³/mol. The zero-order chi connectivity index (χ0) is 13.0. The van der Waals surface area contributed by atoms with Crippen molar-refractivity contribution >= 4 is 11.9 Å². The number of aromatic nitrogens is 2. The molecule has 98 valence electrons. The number of hydrogen-bond acceptors (Lipinski definition) is 4. The molecule has 2 heterocycles. The first kappa shape index (κ1) is 12.6. The number of nitrogens with zero attached hydrogens (tertiary/aromatic N) is 2. The molecule has 1 aromatic heterocycles. The maximum Gasteiger partial charge on any atom is 0.309 e. The largest absolute Gasteiger partial charge is 0.466 e. The molecule has 1 amide bonds. The molecule has 0 atom stereocenters. The third-order valence-electron chi connectivity index (χ3n) is 3.13. The Bertz CT molecular complexity index is 408. The van der Waals surface area contributed by atoms with E-state index in [9.17, 15) is 9.59 Å². The first-order valence-corrected chi connectivity index (χ1v) is 6.16. The highest BCUT2D eigenvalue weighted by Crippen LogP contribution is 2.19. The molecule has 18 heavy (non-hydrogen) atoms. The second kappa shape index (κ2) is 5.66. The number of nitrogens with one attached hydrogen (secondary N) is 1. The number of carbonyl (C=O) groups excluding carboxylic acids is 2. The fourth-order valence-corrected chi connectivity index (χ4v) is 2.12. The van der Waals surface area contributed by atoms with Gasteiger partial charge in [-0.15, -0.1) is 0 Å². The number of hydrogen-bond donors (Lipinski definition) is 1. The van der Waals surface area contributed by atoms with Crippen LogP contribution in [0, 0.1) is 5.92 Å². The molecular formula is C12H17N3O3. The van der Waals surface area contributed by atoms with Crippen LogP contribution in [0.4, 0.5) is 0 Å². The summed E-state index contributed by atoms with van der Waals surface area (Å²) in [4.78, 5) is 31.9. The molecule has 6 heteroatoms. The highest BCUT2D eigenvalue weighted by atomic mass is 16.5. The van der Waals surface area contributed by atoms with Gasteiger partial charge < -0.3 is 14.6 Å². The predicted octanol–water partition coefficient (Wildman–Crippen LogP) is 0.825. The quantitative estimate of drug-likeness (QED) is 0.807. The fraction of sp³-hybridized carbons (Fsp3) is 0.583. The minimum Gasteiger partial charge on any atom is -0.466 e. The smallest absolute Gasteiger partial charge is 0.309 e. The van der Waals surface area contributed by atoms with Crippen molar-refractivity contribution in [3.8, 4) is 0 Å². The number of amides is 1. The van der Waals surface area contributed by atoms with Crippen LogP contribution in [-0.4, -0.2) is 46.4 Å². The van der Waals surface area contributed by atoms with Crippen LogP contribution in [0.3, 0.4) is 0 Å². The number of carbonyl (C=O) groups is 2. The molecule has 0 radical (unpaired) electrons. The van der Waals surface area contributed by atoms with Gasteiger partial charge in [0.15, 0.2) is 0 Å². The Balaban J connectivity index is 1.87. The van der Waals surface area contributed by atoms with Crippen molar-refractivity contribution in [1.29, 1.82) is 0 Å². The zero-order valence-electron chi connectivity index (χ0n) is 10.4. The summed E-state index contributed by atoms with van der Waals surface area (Å²) in [7, 11) is 0. The number of likely N-dealkylation sites (tertiary alicyclic amines) is 1. The summed E-state index contributed by atoms with van der Waals surface area (Å²) in [5.41, 5.74) is 0.490. The first-order chi connectivity index (χ1) is 8.72. The fourth-order valence-electron chi connectivity index (χ4n) is 2.12. The van der Waals surface area contributed by atoms with Gasteiger partial charge >= 0.3 is 5.97 Å². The average molecular weight is 251 g/mol. The maximum atomic E-state index is 12.0. The summed E-state index contributed by atoms with van der Waals surface area (Å²) in [6.07, 6.45) is 4.33. The van der Waals surface area contributed by atoms with Gasteiger partial charge in [0.25, 0.3) is 5.91 Å². The number of H-pyrrole nitrogens is 1. The van der Waals surface area contributed by atoms with Crippen LogP contribution in [0.15, 0.2) is 12.5 Å². The molecule has 1 aromatic rings. The van der Waals surface area contributed by atoms with Crippen molar-refractivity contribution in [2.75, 3.05) is 19.7 Å². The van der Waals surface area contributed by atoms with Crippen LogP contribution in [0.5, 0.6) is 0 Å². The first-order valence-electron chi connectivity index (χ1n) is 6.16. The third-order valence-corrected chi connectivity index (χ3v) is 3.13. The summed E-state index contributed by atoms with van der Waals surface area (Å²) in [5, 5.41) is 0. The Hall–Kier alpha value is -1.85. The SMILES string of the molecule is CCOC(=O)C1CCN(C(=O)c2cnc[nH]2)CC1. The normalized spacial score (nSPS) is 16.6. The molecule has 0 aromatic carbocycles. The standard InChI is InChI=1S/C12H17N3O3/c1-2-18-12(17)9-3-5-15(6-4-9)11(16)10-7-13-8-14-10/h7-9H,2-6H2,1H3,(H,13,14). The molecule has 0 saturated carbocycles. The van der Waals surface area contributed by atoms with E-state index in [1.54, 1.807) is 11.8 Å². The molecule has 1 N–H and O–H groups in total. The molecule has 1 aliphatic rings. The highest BCUT2D eigenvalue weighted by Gasteiger charge is 2.28. The topological polar surface area (TPSA) is 75.3 Å². The van der Waals surface area contributed by atoms with E-state index in [-0.39, 0.29) is 17.8 Å². The van der Waals surface area contributed by atoms with Gasteiger partial charge in [-0.05, 0) is 19.8 Å². The molecule has 1 aliphatic heterocycles. The van der Waals surface area contributed by atoms with Gasteiger partial charge in [0.2, 0.25) is 0 Å². The Morgan fingerprint density at radius 3 is 2.78 bits per heavy atom. The molecule has 0 bridgehead atoms. The Morgan fingerprint density at radius 2 is 2.22 bits per heavy atom. The van der Waals surface area contributed by atoms with Crippen LogP contribution in [0.1, 0.15) is 30.3 Å². The summed E-state index contributed by atoms with van der Waals surface area (Å²) in [6.45, 7) is 3.38. The van der Waals surface area contributed by atoms with Crippen LogP contribution in [0.2, 0.25) is 0 Å². The van der Waals surface area contributed by atoms with Crippen LogP contribution in [0.25, 0.3) is 0 Å². The van der Waals surface area contributed by atoms with Crippen molar-refractivity contribution < 1.29 is 14.3 Å². The number of imidazole rings is 1. The van der Waals surface area contributed by atoms with Gasteiger partial charge in [0.05, 0.1) is 25.0 Å². The lowest BCUT2D eigenvalue weighted by atomic mass is 9.97. The van der Waals surface area contributed by atoms with Gasteiger partial charge in [0.1, 0.15) is 5.69 Å². The number of ether oxygens (including phenoxy) is 1. The van der Waals surface area contributed by atoms with Gasteiger partial charge in [-0.2, -0.15) is 0 Å². The van der Waals surface area contributed by atoms with E-state index in [4.69, 9.17) is 4.74 Å². The Labute approximate surface area is 105 Å². The molecule has 0 unspecified atom stereocenters.